The minimum Gasteiger partial charge on any atom is -0.178 e. The lowest BCUT2D eigenvalue weighted by atomic mass is 10.6. The molecular weight excluding hydrogens is 244 g/mol. The Hall–Kier alpha value is 1.75. The van der Waals surface area contributed by atoms with Gasteiger partial charge in [0, 0.05) is 27.8 Å². The molecule has 0 radical (unpaired) electrons. The predicted octanol–water partition coefficient (Wildman–Crippen LogP) is 3.10. The maximum atomic E-state index is 4.36. The van der Waals surface area contributed by atoms with E-state index in [2.05, 4.69) is 55.7 Å². The van der Waals surface area contributed by atoms with Crippen LogP contribution in [-0.4, -0.2) is 31.7 Å². The van der Waals surface area contributed by atoms with Crippen LogP contribution in [0.15, 0.2) is 0 Å². The van der Waals surface area contributed by atoms with Crippen LogP contribution in [0.4, 0.5) is 0 Å². The minimum absolute atomic E-state index is 0.520. The monoisotopic (exact) mass is 258 g/mol. The van der Waals surface area contributed by atoms with Gasteiger partial charge in [-0.2, -0.15) is 25.3 Å². The van der Waals surface area contributed by atoms with E-state index in [4.69, 9.17) is 0 Å². The van der Waals surface area contributed by atoms with Gasteiger partial charge in [0.1, 0.15) is 0 Å². The Morgan fingerprint density at radius 2 is 2.42 bits per heavy atom. The third-order valence-corrected chi connectivity index (χ3v) is 7.80. The van der Waals surface area contributed by atoms with Gasteiger partial charge in [-0.1, -0.05) is 6.92 Å². The summed E-state index contributed by atoms with van der Waals surface area (Å²) in [6.07, 6.45) is 0. The van der Waals surface area contributed by atoms with E-state index in [9.17, 15) is 0 Å². The van der Waals surface area contributed by atoms with Crippen LogP contribution in [0.1, 0.15) is 6.92 Å². The lowest BCUT2D eigenvalue weighted by Gasteiger charge is -2.09. The van der Waals surface area contributed by atoms with Gasteiger partial charge in [0.2, 0.25) is 0 Å². The molecule has 0 aromatic heterocycles. The zero-order valence-electron chi connectivity index (χ0n) is 6.97. The van der Waals surface area contributed by atoms with Crippen molar-refractivity contribution in [1.82, 2.24) is 0 Å². The summed E-state index contributed by atoms with van der Waals surface area (Å²) in [5.41, 5.74) is 0. The summed E-state index contributed by atoms with van der Waals surface area (Å²) in [4.78, 5) is 0. The van der Waals surface area contributed by atoms with Crippen LogP contribution in [0, 0.1) is 0 Å². The molecule has 1 aliphatic heterocycles. The Morgan fingerprint density at radius 1 is 1.67 bits per heavy atom. The minimum atomic E-state index is 0.520. The van der Waals surface area contributed by atoms with Crippen molar-refractivity contribution >= 4 is 60.5 Å². The van der Waals surface area contributed by atoms with Crippen molar-refractivity contribution in [2.45, 2.75) is 21.3 Å². The summed E-state index contributed by atoms with van der Waals surface area (Å²) in [7, 11) is 0. The van der Waals surface area contributed by atoms with Gasteiger partial charge in [0.25, 0.3) is 0 Å². The molecule has 0 saturated carbocycles. The maximum absolute atomic E-state index is 4.36. The number of thioether (sulfide) groups is 3. The fourth-order valence-corrected chi connectivity index (χ4v) is 6.42. The second-order valence-electron chi connectivity index (χ2n) is 2.75. The van der Waals surface area contributed by atoms with E-state index in [0.29, 0.717) is 5.25 Å². The van der Waals surface area contributed by atoms with Gasteiger partial charge in [-0.3, -0.25) is 0 Å². The van der Waals surface area contributed by atoms with E-state index >= 15 is 0 Å². The molecular formula is C7H14S5. The molecule has 3 unspecified atom stereocenters. The van der Waals surface area contributed by atoms with Crippen molar-refractivity contribution in [2.24, 2.45) is 0 Å². The molecule has 1 heterocycles. The van der Waals surface area contributed by atoms with Crippen molar-refractivity contribution in [2.75, 3.05) is 17.3 Å². The lowest BCUT2D eigenvalue weighted by molar-refractivity contribution is 1.14. The summed E-state index contributed by atoms with van der Waals surface area (Å²) < 4.78 is 0.733. The van der Waals surface area contributed by atoms with E-state index < -0.39 is 0 Å². The van der Waals surface area contributed by atoms with Gasteiger partial charge in [0.05, 0.1) is 3.91 Å². The summed E-state index contributed by atoms with van der Waals surface area (Å²) >= 11 is 14.8. The van der Waals surface area contributed by atoms with Crippen LogP contribution in [0.5, 0.6) is 0 Å². The van der Waals surface area contributed by atoms with Crippen LogP contribution in [0.25, 0.3) is 0 Å². The van der Waals surface area contributed by atoms with E-state index in [1.165, 1.54) is 5.75 Å². The molecule has 72 valence electrons. The third-order valence-electron chi connectivity index (χ3n) is 1.40. The highest BCUT2D eigenvalue weighted by Crippen LogP contribution is 2.44. The van der Waals surface area contributed by atoms with Gasteiger partial charge in [-0.15, -0.1) is 35.3 Å². The molecule has 0 N–H and O–H groups in total. The molecule has 0 amide bonds. The smallest absolute Gasteiger partial charge is 0.0959 e. The van der Waals surface area contributed by atoms with E-state index in [1.807, 2.05) is 11.8 Å². The average Bonchev–Trinajstić information content (AvgIpc) is 2.48. The topological polar surface area (TPSA) is 0 Å². The highest BCUT2D eigenvalue weighted by Gasteiger charge is 2.25. The van der Waals surface area contributed by atoms with Gasteiger partial charge in [-0.05, 0) is 0 Å². The Labute approximate surface area is 98.6 Å². The first-order valence-corrected chi connectivity index (χ1v) is 8.09. The Kier molecular flexibility index (Phi) is 6.18. The first-order chi connectivity index (χ1) is 5.72. The second-order valence-corrected chi connectivity index (χ2v) is 8.57. The molecule has 1 aliphatic rings. The second kappa shape index (κ2) is 6.27. The molecule has 12 heavy (non-hydrogen) atoms. The first kappa shape index (κ1) is 11.8. The number of hydrogen-bond acceptors (Lipinski definition) is 5. The molecule has 0 nitrogen and oxygen atoms in total. The molecule has 5 heteroatoms. The van der Waals surface area contributed by atoms with E-state index in [-0.39, 0.29) is 0 Å². The maximum Gasteiger partial charge on any atom is 0.0959 e. The zero-order valence-corrected chi connectivity index (χ0v) is 11.2. The molecule has 0 bridgehead atoms. The molecule has 0 aliphatic carbocycles. The standard InChI is InChI=1S/C7H14S5/c1-5(9)3-10-7-11-4-6(2-8)12-7/h5-9H,2-4H2,1H3. The van der Waals surface area contributed by atoms with E-state index in [0.717, 1.165) is 20.7 Å². The summed E-state index contributed by atoms with van der Waals surface area (Å²) in [6, 6.07) is 0. The number of rotatable bonds is 4. The number of thiol groups is 2. The normalized spacial score (nSPS) is 32.2. The van der Waals surface area contributed by atoms with Crippen molar-refractivity contribution in [3.8, 4) is 0 Å². The van der Waals surface area contributed by atoms with Crippen LogP contribution in [0.2, 0.25) is 0 Å². The molecule has 0 aromatic carbocycles. The van der Waals surface area contributed by atoms with Gasteiger partial charge < -0.3 is 0 Å². The predicted molar refractivity (Wildman–Crippen MR) is 72.4 cm³/mol. The van der Waals surface area contributed by atoms with Gasteiger partial charge in [0.15, 0.2) is 0 Å². The van der Waals surface area contributed by atoms with Crippen LogP contribution in [0.3, 0.4) is 0 Å². The van der Waals surface area contributed by atoms with E-state index in [1.54, 1.807) is 0 Å². The van der Waals surface area contributed by atoms with Crippen molar-refractivity contribution in [3.05, 3.63) is 0 Å². The van der Waals surface area contributed by atoms with Crippen molar-refractivity contribution < 1.29 is 0 Å². The largest absolute Gasteiger partial charge is 0.178 e. The quantitative estimate of drug-likeness (QED) is 0.744. The highest BCUT2D eigenvalue weighted by atomic mass is 32.3. The first-order valence-electron chi connectivity index (χ1n) is 3.90. The molecule has 3 atom stereocenters. The third kappa shape index (κ3) is 4.31. The SMILES string of the molecule is CC(S)CSC1SCC(CS)S1. The van der Waals surface area contributed by atoms with Crippen molar-refractivity contribution in [1.29, 1.82) is 0 Å². The molecule has 1 fully saturated rings. The van der Waals surface area contributed by atoms with Gasteiger partial charge in [-0.25, -0.2) is 0 Å². The Morgan fingerprint density at radius 3 is 2.92 bits per heavy atom. The summed E-state index contributed by atoms with van der Waals surface area (Å²) in [5.74, 6) is 3.45. The fourth-order valence-electron chi connectivity index (χ4n) is 0.823. The average molecular weight is 259 g/mol. The summed E-state index contributed by atoms with van der Waals surface area (Å²) in [5, 5.41) is 1.29. The molecule has 1 saturated heterocycles. The van der Waals surface area contributed by atoms with Gasteiger partial charge >= 0.3 is 0 Å². The highest BCUT2D eigenvalue weighted by molar-refractivity contribution is 8.34. The van der Waals surface area contributed by atoms with Crippen LogP contribution in [-0.2, 0) is 0 Å². The van der Waals surface area contributed by atoms with Crippen molar-refractivity contribution in [3.63, 3.8) is 0 Å². The zero-order chi connectivity index (χ0) is 8.97. The van der Waals surface area contributed by atoms with Crippen LogP contribution >= 0.6 is 60.5 Å². The Bertz CT molecular complexity index is 127. The fraction of sp³-hybridized carbons (Fsp3) is 1.00. The Balaban J connectivity index is 2.11. The molecule has 1 rings (SSSR count). The number of hydrogen-bond donors (Lipinski definition) is 2. The molecule has 0 aromatic rings. The lowest BCUT2D eigenvalue weighted by Crippen LogP contribution is -2.02. The van der Waals surface area contributed by atoms with Crippen LogP contribution < -0.4 is 0 Å². The summed E-state index contributed by atoms with van der Waals surface area (Å²) in [6.45, 7) is 2.15. The molecule has 0 spiro atoms.